The fourth-order valence-electron chi connectivity index (χ4n) is 1.55. The van der Waals surface area contributed by atoms with Crippen molar-refractivity contribution in [3.05, 3.63) is 28.2 Å². The van der Waals surface area contributed by atoms with Crippen LogP contribution in [0.1, 0.15) is 19.4 Å². The quantitative estimate of drug-likeness (QED) is 0.770. The average molecular weight is 365 g/mol. The van der Waals surface area contributed by atoms with E-state index in [1.165, 1.54) is 6.07 Å². The summed E-state index contributed by atoms with van der Waals surface area (Å²) >= 11 is 3.23. The van der Waals surface area contributed by atoms with E-state index in [-0.39, 0.29) is 11.5 Å². The maximum atomic E-state index is 12.2. The van der Waals surface area contributed by atoms with Crippen LogP contribution in [0, 0.1) is 0 Å². The number of benzene rings is 1. The molecule has 2 N–H and O–H groups in total. The summed E-state index contributed by atoms with van der Waals surface area (Å²) in [6.45, 7) is 4.98. The Morgan fingerprint density at radius 2 is 2.05 bits per heavy atom. The monoisotopic (exact) mass is 364 g/mol. The predicted octanol–water partition coefficient (Wildman–Crippen LogP) is 1.56. The largest absolute Gasteiger partial charge is 0.392 e. The summed E-state index contributed by atoms with van der Waals surface area (Å²) in [4.78, 5) is 2.24. The lowest BCUT2D eigenvalue weighted by molar-refractivity contribution is 0.278. The van der Waals surface area contributed by atoms with Gasteiger partial charge >= 0.3 is 0 Å². The van der Waals surface area contributed by atoms with Gasteiger partial charge in [0.05, 0.1) is 11.5 Å². The zero-order valence-corrected chi connectivity index (χ0v) is 14.3. The molecular formula is C13H21BrN2O3S. The van der Waals surface area contributed by atoms with Crippen molar-refractivity contribution < 1.29 is 13.5 Å². The van der Waals surface area contributed by atoms with Gasteiger partial charge in [-0.05, 0) is 54.5 Å². The summed E-state index contributed by atoms with van der Waals surface area (Å²) in [6.07, 6.45) is 0. The molecule has 0 aliphatic rings. The highest BCUT2D eigenvalue weighted by Crippen LogP contribution is 2.23. The number of nitrogens with zero attached hydrogens (tertiary/aromatic N) is 1. The number of aliphatic hydroxyl groups is 1. The van der Waals surface area contributed by atoms with E-state index >= 15 is 0 Å². The maximum absolute atomic E-state index is 12.2. The van der Waals surface area contributed by atoms with Crippen LogP contribution in [-0.4, -0.2) is 44.6 Å². The number of hydrogen-bond acceptors (Lipinski definition) is 4. The molecule has 0 atom stereocenters. The highest BCUT2D eigenvalue weighted by Gasteiger charge is 2.17. The van der Waals surface area contributed by atoms with Crippen LogP contribution < -0.4 is 4.72 Å². The van der Waals surface area contributed by atoms with Gasteiger partial charge in [-0.1, -0.05) is 6.07 Å². The minimum atomic E-state index is -3.54. The van der Waals surface area contributed by atoms with Crippen LogP contribution in [0.4, 0.5) is 0 Å². The molecule has 0 fully saturated rings. The standard InChI is InChI=1S/C13H21BrN2O3S/c1-10(2)16(3)7-6-15-20(18,19)13-5-4-11(9-17)8-12(13)14/h4-5,8,10,15,17H,6-7,9H2,1-3H3. The fourth-order valence-corrected chi connectivity index (χ4v) is 3.70. The van der Waals surface area contributed by atoms with Crippen LogP contribution >= 0.6 is 15.9 Å². The second-order valence-corrected chi connectivity index (χ2v) is 7.48. The summed E-state index contributed by atoms with van der Waals surface area (Å²) in [5.74, 6) is 0. The molecule has 1 aromatic rings. The van der Waals surface area contributed by atoms with Gasteiger partial charge in [0.15, 0.2) is 0 Å². The molecule has 114 valence electrons. The molecule has 1 aromatic carbocycles. The Kier molecular flexibility index (Phi) is 6.60. The van der Waals surface area contributed by atoms with E-state index in [0.717, 1.165) is 0 Å². The van der Waals surface area contributed by atoms with Gasteiger partial charge in [0.25, 0.3) is 0 Å². The third-order valence-electron chi connectivity index (χ3n) is 3.11. The first-order valence-corrected chi connectivity index (χ1v) is 8.64. The van der Waals surface area contributed by atoms with Crippen LogP contribution in [0.15, 0.2) is 27.6 Å². The van der Waals surface area contributed by atoms with Gasteiger partial charge in [0, 0.05) is 23.6 Å². The molecule has 0 saturated carbocycles. The number of nitrogens with one attached hydrogen (secondary N) is 1. The van der Waals surface area contributed by atoms with Crippen LogP contribution in [0.3, 0.4) is 0 Å². The molecule has 0 spiro atoms. The lowest BCUT2D eigenvalue weighted by Gasteiger charge is -2.21. The SMILES string of the molecule is CC(C)N(C)CCNS(=O)(=O)c1ccc(CO)cc1Br. The number of aliphatic hydroxyl groups excluding tert-OH is 1. The maximum Gasteiger partial charge on any atom is 0.241 e. The van der Waals surface area contributed by atoms with Gasteiger partial charge in [-0.2, -0.15) is 0 Å². The van der Waals surface area contributed by atoms with E-state index in [1.807, 2.05) is 7.05 Å². The third-order valence-corrected chi connectivity index (χ3v) is 5.54. The molecule has 0 radical (unpaired) electrons. The molecule has 0 aliphatic carbocycles. The van der Waals surface area contributed by atoms with Crippen molar-refractivity contribution in [2.45, 2.75) is 31.4 Å². The second-order valence-electron chi connectivity index (χ2n) is 4.90. The number of likely N-dealkylation sites (N-methyl/N-ethyl adjacent to an activating group) is 1. The molecule has 0 aromatic heterocycles. The van der Waals surface area contributed by atoms with Gasteiger partial charge in [-0.15, -0.1) is 0 Å². The molecule has 0 unspecified atom stereocenters. The minimum Gasteiger partial charge on any atom is -0.392 e. The first-order valence-electron chi connectivity index (χ1n) is 6.37. The Hall–Kier alpha value is -0.470. The number of hydrogen-bond donors (Lipinski definition) is 2. The zero-order valence-electron chi connectivity index (χ0n) is 11.9. The topological polar surface area (TPSA) is 69.6 Å². The van der Waals surface area contributed by atoms with Crippen molar-refractivity contribution in [2.75, 3.05) is 20.1 Å². The molecule has 20 heavy (non-hydrogen) atoms. The van der Waals surface area contributed by atoms with Crippen molar-refractivity contribution >= 4 is 26.0 Å². The van der Waals surface area contributed by atoms with Crippen LogP contribution in [-0.2, 0) is 16.6 Å². The van der Waals surface area contributed by atoms with E-state index < -0.39 is 10.0 Å². The van der Waals surface area contributed by atoms with Crippen LogP contribution in [0.5, 0.6) is 0 Å². The van der Waals surface area contributed by atoms with E-state index in [1.54, 1.807) is 12.1 Å². The van der Waals surface area contributed by atoms with Crippen LogP contribution in [0.25, 0.3) is 0 Å². The lowest BCUT2D eigenvalue weighted by Crippen LogP contribution is -2.36. The van der Waals surface area contributed by atoms with Gasteiger partial charge in [0.1, 0.15) is 0 Å². The van der Waals surface area contributed by atoms with Crippen LogP contribution in [0.2, 0.25) is 0 Å². The normalized spacial score (nSPS) is 12.3. The van der Waals surface area contributed by atoms with Crippen molar-refractivity contribution in [1.82, 2.24) is 9.62 Å². The molecule has 1 rings (SSSR count). The van der Waals surface area contributed by atoms with Crippen molar-refractivity contribution in [2.24, 2.45) is 0 Å². The predicted molar refractivity (Wildman–Crippen MR) is 83.0 cm³/mol. The first kappa shape index (κ1) is 17.6. The van der Waals surface area contributed by atoms with Crippen molar-refractivity contribution in [1.29, 1.82) is 0 Å². The van der Waals surface area contributed by atoms with Gasteiger partial charge < -0.3 is 10.0 Å². The van der Waals surface area contributed by atoms with Crippen molar-refractivity contribution in [3.63, 3.8) is 0 Å². The Balaban J connectivity index is 2.74. The fraction of sp³-hybridized carbons (Fsp3) is 0.538. The lowest BCUT2D eigenvalue weighted by atomic mass is 10.2. The van der Waals surface area contributed by atoms with Gasteiger partial charge in [0.2, 0.25) is 10.0 Å². The Labute approximate surface area is 129 Å². The second kappa shape index (κ2) is 7.51. The highest BCUT2D eigenvalue weighted by molar-refractivity contribution is 9.10. The number of sulfonamides is 1. The summed E-state index contributed by atoms with van der Waals surface area (Å²) in [5.41, 5.74) is 0.662. The zero-order chi connectivity index (χ0) is 15.3. The average Bonchev–Trinajstić information content (AvgIpc) is 2.37. The number of halogens is 1. The molecule has 0 heterocycles. The summed E-state index contributed by atoms with van der Waals surface area (Å²) in [7, 11) is -1.59. The molecule has 0 bridgehead atoms. The number of rotatable bonds is 7. The van der Waals surface area contributed by atoms with E-state index in [4.69, 9.17) is 5.11 Å². The summed E-state index contributed by atoms with van der Waals surface area (Å²) < 4.78 is 27.4. The first-order chi connectivity index (χ1) is 9.27. The minimum absolute atomic E-state index is 0.120. The highest BCUT2D eigenvalue weighted by atomic mass is 79.9. The summed E-state index contributed by atoms with van der Waals surface area (Å²) in [5, 5.41) is 9.02. The Morgan fingerprint density at radius 3 is 2.55 bits per heavy atom. The smallest absolute Gasteiger partial charge is 0.241 e. The van der Waals surface area contributed by atoms with E-state index in [2.05, 4.69) is 39.4 Å². The van der Waals surface area contributed by atoms with Crippen molar-refractivity contribution in [3.8, 4) is 0 Å². The molecule has 7 heteroatoms. The summed E-state index contributed by atoms with van der Waals surface area (Å²) in [6, 6.07) is 5.06. The van der Waals surface area contributed by atoms with Gasteiger partial charge in [-0.3, -0.25) is 0 Å². The van der Waals surface area contributed by atoms with E-state index in [9.17, 15) is 8.42 Å². The van der Waals surface area contributed by atoms with E-state index in [0.29, 0.717) is 29.2 Å². The Morgan fingerprint density at radius 1 is 1.40 bits per heavy atom. The molecule has 0 saturated heterocycles. The molecule has 0 amide bonds. The molecule has 5 nitrogen and oxygen atoms in total. The Bertz CT molecular complexity index is 547. The molecular weight excluding hydrogens is 344 g/mol. The molecule has 0 aliphatic heterocycles. The third kappa shape index (κ3) is 4.82. The van der Waals surface area contributed by atoms with Gasteiger partial charge in [-0.25, -0.2) is 13.1 Å².